The summed E-state index contributed by atoms with van der Waals surface area (Å²) in [6, 6.07) is 10.6. The highest BCUT2D eigenvalue weighted by Gasteiger charge is 2.90. The molecule has 104 valence electrons. The number of hydrogen-bond donors (Lipinski definition) is 1. The van der Waals surface area contributed by atoms with Gasteiger partial charge in [-0.25, -0.2) is 0 Å². The minimum Gasteiger partial charge on any atom is -0.282 e. The van der Waals surface area contributed by atoms with Gasteiger partial charge in [0.05, 0.1) is 5.54 Å². The minimum absolute atomic E-state index is 0.0488. The van der Waals surface area contributed by atoms with Crippen LogP contribution in [-0.2, 0) is 5.54 Å². The van der Waals surface area contributed by atoms with Crippen molar-refractivity contribution < 1.29 is 0 Å². The van der Waals surface area contributed by atoms with Crippen LogP contribution in [-0.4, -0.2) is 5.54 Å². The van der Waals surface area contributed by atoms with Gasteiger partial charge >= 0.3 is 0 Å². The Morgan fingerprint density at radius 2 is 1.50 bits per heavy atom. The highest BCUT2D eigenvalue weighted by molar-refractivity contribution is 5.62. The van der Waals surface area contributed by atoms with Crippen LogP contribution in [0.1, 0.15) is 40.2 Å². The highest BCUT2D eigenvalue weighted by Crippen LogP contribution is 2.85. The third kappa shape index (κ3) is 0.737. The number of benzene rings is 1. The molecular weight excluding hydrogens is 246 g/mol. The van der Waals surface area contributed by atoms with Crippen LogP contribution in [0.15, 0.2) is 51.8 Å². The quantitative estimate of drug-likeness (QED) is 0.767. The monoisotopic (exact) mass is 267 g/mol. The Balaban J connectivity index is 2.04. The van der Waals surface area contributed by atoms with Gasteiger partial charge in [-0.3, -0.25) is 5.43 Å². The smallest absolute Gasteiger partial charge is 0.143 e. The van der Waals surface area contributed by atoms with E-state index in [1.807, 2.05) is 0 Å². The molecule has 2 aliphatic carbocycles. The Bertz CT molecular complexity index is 677. The van der Waals surface area contributed by atoms with Crippen LogP contribution >= 0.6 is 0 Å². The molecular formula is C17H21N3. The normalized spacial score (nSPS) is 48.0. The molecule has 1 aromatic rings. The molecule has 4 rings (SSSR count). The summed E-state index contributed by atoms with van der Waals surface area (Å²) in [5.41, 5.74) is 7.33. The van der Waals surface area contributed by atoms with Crippen molar-refractivity contribution in [1.82, 2.24) is 5.43 Å². The summed E-state index contributed by atoms with van der Waals surface area (Å²) in [6.45, 7) is 11.5. The van der Waals surface area contributed by atoms with Crippen LogP contribution in [0.5, 0.6) is 0 Å². The lowest BCUT2D eigenvalue weighted by atomic mass is 9.22. The van der Waals surface area contributed by atoms with E-state index in [0.29, 0.717) is 0 Å². The van der Waals surface area contributed by atoms with Gasteiger partial charge in [0, 0.05) is 10.8 Å². The van der Waals surface area contributed by atoms with E-state index < -0.39 is 0 Å². The lowest BCUT2D eigenvalue weighted by Crippen LogP contribution is -2.88. The van der Waals surface area contributed by atoms with Gasteiger partial charge in [0.2, 0.25) is 0 Å². The van der Waals surface area contributed by atoms with Crippen molar-refractivity contribution >= 4 is 0 Å². The van der Waals surface area contributed by atoms with Gasteiger partial charge in [0.25, 0.3) is 0 Å². The molecule has 3 heteroatoms. The van der Waals surface area contributed by atoms with Crippen molar-refractivity contribution in [3.05, 3.63) is 47.0 Å². The van der Waals surface area contributed by atoms with Crippen LogP contribution in [0.2, 0.25) is 0 Å². The fourth-order valence-corrected chi connectivity index (χ4v) is 5.65. The maximum Gasteiger partial charge on any atom is 0.143 e. The molecule has 1 saturated carbocycles. The summed E-state index contributed by atoms with van der Waals surface area (Å²) >= 11 is 0. The lowest BCUT2D eigenvalue weighted by molar-refractivity contribution is -0.205. The second-order valence-corrected chi connectivity index (χ2v) is 7.01. The van der Waals surface area contributed by atoms with E-state index in [9.17, 15) is 0 Å². The first kappa shape index (κ1) is 12.1. The van der Waals surface area contributed by atoms with Crippen LogP contribution in [0.25, 0.3) is 0 Å². The number of rotatable bonds is 1. The Labute approximate surface area is 120 Å². The number of nitrogens with one attached hydrogen (secondary N) is 1. The van der Waals surface area contributed by atoms with Gasteiger partial charge in [-0.15, -0.1) is 0 Å². The summed E-state index contributed by atoms with van der Waals surface area (Å²) < 4.78 is 0. The van der Waals surface area contributed by atoms with E-state index in [0.717, 1.165) is 0 Å². The standard InChI is InChI=1S/C17H21N3/c1-11-12(2)15(4)14(11,3)16(5)17(15,19-20-18-16)13-9-7-6-8-10-13/h6-10H,1-5H3,(H,18,19)/t14-,15+,16+,17+/m0/s1. The van der Waals surface area contributed by atoms with Gasteiger partial charge in [-0.1, -0.05) is 60.5 Å². The summed E-state index contributed by atoms with van der Waals surface area (Å²) in [6.07, 6.45) is 0. The molecule has 1 heterocycles. The van der Waals surface area contributed by atoms with Gasteiger partial charge in [0.1, 0.15) is 5.54 Å². The molecule has 1 aromatic carbocycles. The average Bonchev–Trinajstić information content (AvgIpc) is 2.82. The predicted molar refractivity (Wildman–Crippen MR) is 79.1 cm³/mol. The molecule has 4 atom stereocenters. The fraction of sp³-hybridized carbons (Fsp3) is 0.529. The van der Waals surface area contributed by atoms with E-state index in [2.05, 4.69) is 75.6 Å². The first-order valence-electron chi connectivity index (χ1n) is 7.31. The lowest BCUT2D eigenvalue weighted by Gasteiger charge is -2.81. The second-order valence-electron chi connectivity index (χ2n) is 7.01. The van der Waals surface area contributed by atoms with Crippen molar-refractivity contribution in [3.8, 4) is 0 Å². The molecule has 0 bridgehead atoms. The summed E-state index contributed by atoms with van der Waals surface area (Å²) in [4.78, 5) is 0. The largest absolute Gasteiger partial charge is 0.282 e. The van der Waals surface area contributed by atoms with Crippen LogP contribution < -0.4 is 5.43 Å². The van der Waals surface area contributed by atoms with Gasteiger partial charge in [-0.05, 0) is 26.3 Å². The summed E-state index contributed by atoms with van der Waals surface area (Å²) in [7, 11) is 0. The van der Waals surface area contributed by atoms with E-state index in [-0.39, 0.29) is 21.9 Å². The van der Waals surface area contributed by atoms with Crippen LogP contribution in [0.3, 0.4) is 0 Å². The zero-order valence-corrected chi connectivity index (χ0v) is 12.8. The van der Waals surface area contributed by atoms with Crippen molar-refractivity contribution in [2.24, 2.45) is 21.2 Å². The summed E-state index contributed by atoms with van der Waals surface area (Å²) in [5, 5.41) is 9.02. The maximum absolute atomic E-state index is 4.74. The maximum atomic E-state index is 4.74. The number of nitrogens with zero attached hydrogens (tertiary/aromatic N) is 2. The van der Waals surface area contributed by atoms with Gasteiger partial charge < -0.3 is 0 Å². The fourth-order valence-electron chi connectivity index (χ4n) is 5.65. The number of hydrogen-bond acceptors (Lipinski definition) is 3. The van der Waals surface area contributed by atoms with E-state index >= 15 is 0 Å². The molecule has 0 unspecified atom stereocenters. The average molecular weight is 267 g/mol. The van der Waals surface area contributed by atoms with E-state index in [1.54, 1.807) is 0 Å². The van der Waals surface area contributed by atoms with Crippen molar-refractivity contribution in [2.45, 2.75) is 45.7 Å². The molecule has 1 aliphatic heterocycles. The topological polar surface area (TPSA) is 36.8 Å². The van der Waals surface area contributed by atoms with Crippen molar-refractivity contribution in [2.75, 3.05) is 0 Å². The molecule has 0 radical (unpaired) electrons. The SMILES string of the molecule is CC1=C(C)[C@]2(C)[C@@]1(C)[C@@]1(C)NN=N[C@@]12c1ccccc1. The highest BCUT2D eigenvalue weighted by atomic mass is 15.6. The van der Waals surface area contributed by atoms with Gasteiger partial charge in [-0.2, -0.15) is 5.11 Å². The van der Waals surface area contributed by atoms with Gasteiger partial charge in [0.15, 0.2) is 0 Å². The van der Waals surface area contributed by atoms with Crippen LogP contribution in [0.4, 0.5) is 0 Å². The van der Waals surface area contributed by atoms with Crippen molar-refractivity contribution in [1.29, 1.82) is 0 Å². The first-order chi connectivity index (χ1) is 9.38. The second kappa shape index (κ2) is 3.00. The Hall–Kier alpha value is -1.64. The summed E-state index contributed by atoms with van der Waals surface area (Å²) in [5.74, 6) is 0. The minimum atomic E-state index is -0.278. The zero-order valence-electron chi connectivity index (χ0n) is 12.8. The predicted octanol–water partition coefficient (Wildman–Crippen LogP) is 3.99. The molecule has 3 nitrogen and oxygen atoms in total. The molecule has 3 aliphatic rings. The third-order valence-electron chi connectivity index (χ3n) is 7.17. The molecule has 0 spiro atoms. The first-order valence-corrected chi connectivity index (χ1v) is 7.31. The van der Waals surface area contributed by atoms with Crippen LogP contribution in [0, 0.1) is 10.8 Å². The molecule has 20 heavy (non-hydrogen) atoms. The Morgan fingerprint density at radius 1 is 0.900 bits per heavy atom. The molecule has 0 aromatic heterocycles. The zero-order chi connectivity index (χ0) is 14.4. The molecule has 0 amide bonds. The third-order valence-corrected chi connectivity index (χ3v) is 7.17. The van der Waals surface area contributed by atoms with E-state index in [1.165, 1.54) is 16.7 Å². The molecule has 0 saturated heterocycles. The Morgan fingerprint density at radius 3 is 2.15 bits per heavy atom. The van der Waals surface area contributed by atoms with E-state index in [4.69, 9.17) is 5.11 Å². The van der Waals surface area contributed by atoms with Crippen molar-refractivity contribution in [3.63, 3.8) is 0 Å². The Kier molecular flexibility index (Phi) is 1.82. The molecule has 1 N–H and O–H groups in total. The number of fused-ring (bicyclic) bond motifs is 4. The molecule has 1 fully saturated rings.